The summed E-state index contributed by atoms with van der Waals surface area (Å²) in [5.41, 5.74) is 19.8. The van der Waals surface area contributed by atoms with Crippen molar-refractivity contribution >= 4 is 0 Å². The summed E-state index contributed by atoms with van der Waals surface area (Å²) in [5, 5.41) is 10.4. The van der Waals surface area contributed by atoms with Gasteiger partial charge < -0.3 is 0 Å². The Morgan fingerprint density at radius 2 is 1.30 bits per heavy atom. The summed E-state index contributed by atoms with van der Waals surface area (Å²) >= 11 is 0. The van der Waals surface area contributed by atoms with Crippen molar-refractivity contribution in [3.05, 3.63) is 164 Å². The molecule has 5 heteroatoms. The molecule has 0 fully saturated rings. The Balaban J connectivity index is 1.39. The molecule has 0 aliphatic carbocycles. The smallest absolute Gasteiger partial charge is 0.145 e. The highest BCUT2D eigenvalue weighted by Crippen LogP contribution is 2.44. The number of imidazole rings is 2. The van der Waals surface area contributed by atoms with Gasteiger partial charge in [0.2, 0.25) is 0 Å². The summed E-state index contributed by atoms with van der Waals surface area (Å²) < 4.78 is 4.60. The molecule has 7 rings (SSSR count). The van der Waals surface area contributed by atoms with Crippen LogP contribution in [0.15, 0.2) is 97.3 Å². The molecule has 0 radical (unpaired) electrons. The summed E-state index contributed by atoms with van der Waals surface area (Å²) in [6, 6.07) is 33.2. The molecule has 2 aromatic heterocycles. The van der Waals surface area contributed by atoms with E-state index in [4.69, 9.17) is 9.97 Å². The van der Waals surface area contributed by atoms with Gasteiger partial charge in [0.05, 0.1) is 28.7 Å². The van der Waals surface area contributed by atoms with Gasteiger partial charge in [0.1, 0.15) is 11.6 Å². The third kappa shape index (κ3) is 7.15. The SMILES string of the molecule is Cc1cccc(-c2nc(-c3cc(C#N)c(C)cc3C(C)(C)[C@@H](C)Cc3ccccc3-c3nccn3-c3c(C)cc(C)cc3C)n(-c3c(C)cc(C)cc3C)c2C)c1. The van der Waals surface area contributed by atoms with Crippen molar-refractivity contribution in [3.8, 4) is 51.5 Å². The molecule has 57 heavy (non-hydrogen) atoms. The molecule has 0 N–H and O–H groups in total. The Kier molecular flexibility index (Phi) is 10.4. The van der Waals surface area contributed by atoms with Gasteiger partial charge in [-0.25, -0.2) is 9.97 Å². The molecule has 0 saturated carbocycles. The summed E-state index contributed by atoms with van der Waals surface area (Å²) in [7, 11) is 0. The molecule has 1 atom stereocenters. The molecule has 0 aliphatic heterocycles. The van der Waals surface area contributed by atoms with Gasteiger partial charge in [-0.15, -0.1) is 0 Å². The number of benzene rings is 5. The van der Waals surface area contributed by atoms with Gasteiger partial charge in [0.15, 0.2) is 0 Å². The lowest BCUT2D eigenvalue weighted by Gasteiger charge is -2.35. The van der Waals surface area contributed by atoms with Crippen LogP contribution in [0.25, 0.3) is 45.4 Å². The lowest BCUT2D eigenvalue weighted by atomic mass is 9.69. The molecule has 5 nitrogen and oxygen atoms in total. The minimum atomic E-state index is -0.327. The maximum atomic E-state index is 10.4. The van der Waals surface area contributed by atoms with E-state index in [-0.39, 0.29) is 11.3 Å². The highest BCUT2D eigenvalue weighted by Gasteiger charge is 2.34. The topological polar surface area (TPSA) is 59.4 Å². The molecule has 0 unspecified atom stereocenters. The summed E-state index contributed by atoms with van der Waals surface area (Å²) in [4.78, 5) is 10.5. The molecule has 0 aliphatic rings. The molecular formula is C52H55N5. The van der Waals surface area contributed by atoms with Crippen molar-refractivity contribution in [1.82, 2.24) is 19.1 Å². The van der Waals surface area contributed by atoms with E-state index in [1.54, 1.807) is 0 Å². The standard InChI is InChI=1S/C52H55N5/c1-31-16-15-18-42(26-31)47-40(10)57(49-37(7)24-33(3)25-38(49)8)51(55-47)45-29-43(30-53)34(4)27-46(45)52(11,12)39(9)28-41-17-13-14-19-44(41)50-54-20-21-56(50)48-35(5)22-32(2)23-36(48)6/h13-27,29,39H,28H2,1-12H3/t39-/m0/s1. The van der Waals surface area contributed by atoms with E-state index in [0.29, 0.717) is 5.56 Å². The van der Waals surface area contributed by atoms with E-state index < -0.39 is 0 Å². The minimum Gasteiger partial charge on any atom is -0.299 e. The average molecular weight is 750 g/mol. The molecule has 0 bridgehead atoms. The maximum absolute atomic E-state index is 10.4. The predicted molar refractivity (Wildman–Crippen MR) is 237 cm³/mol. The zero-order valence-corrected chi connectivity index (χ0v) is 35.8. The number of aromatic nitrogens is 4. The maximum Gasteiger partial charge on any atom is 0.145 e. The fourth-order valence-corrected chi connectivity index (χ4v) is 9.10. The van der Waals surface area contributed by atoms with Gasteiger partial charge in [0, 0.05) is 34.8 Å². The fraction of sp³-hybridized carbons (Fsp3) is 0.288. The van der Waals surface area contributed by atoms with Crippen molar-refractivity contribution in [1.29, 1.82) is 5.26 Å². The second-order valence-electron chi connectivity index (χ2n) is 17.0. The minimum absolute atomic E-state index is 0.194. The average Bonchev–Trinajstić information content (AvgIpc) is 3.75. The summed E-state index contributed by atoms with van der Waals surface area (Å²) in [5.74, 6) is 2.00. The molecule has 0 amide bonds. The molecule has 7 aromatic rings. The third-order valence-electron chi connectivity index (χ3n) is 12.2. The quantitative estimate of drug-likeness (QED) is 0.148. The van der Waals surface area contributed by atoms with Gasteiger partial charge >= 0.3 is 0 Å². The van der Waals surface area contributed by atoms with E-state index in [2.05, 4.69) is 189 Å². The van der Waals surface area contributed by atoms with Gasteiger partial charge in [-0.05, 0) is 131 Å². The first-order valence-corrected chi connectivity index (χ1v) is 20.1. The van der Waals surface area contributed by atoms with Crippen LogP contribution in [0.2, 0.25) is 0 Å². The molecule has 0 spiro atoms. The van der Waals surface area contributed by atoms with Crippen molar-refractivity contribution in [2.75, 3.05) is 0 Å². The highest BCUT2D eigenvalue weighted by molar-refractivity contribution is 5.76. The fourth-order valence-electron chi connectivity index (χ4n) is 9.10. The molecule has 288 valence electrons. The number of rotatable bonds is 9. The number of nitrogens with zero attached hydrogens (tertiary/aromatic N) is 5. The second-order valence-corrected chi connectivity index (χ2v) is 17.0. The van der Waals surface area contributed by atoms with Crippen LogP contribution in [-0.4, -0.2) is 19.1 Å². The Labute approximate surface area is 339 Å². The monoisotopic (exact) mass is 749 g/mol. The van der Waals surface area contributed by atoms with E-state index in [0.717, 1.165) is 57.4 Å². The number of hydrogen-bond acceptors (Lipinski definition) is 3. The van der Waals surface area contributed by atoms with Crippen molar-refractivity contribution in [3.63, 3.8) is 0 Å². The van der Waals surface area contributed by atoms with Crippen molar-refractivity contribution < 1.29 is 0 Å². The van der Waals surface area contributed by atoms with E-state index >= 15 is 0 Å². The summed E-state index contributed by atoms with van der Waals surface area (Å²) in [6.07, 6.45) is 4.83. The largest absolute Gasteiger partial charge is 0.299 e. The zero-order chi connectivity index (χ0) is 40.9. The normalized spacial score (nSPS) is 12.2. The lowest BCUT2D eigenvalue weighted by molar-refractivity contribution is 0.343. The van der Waals surface area contributed by atoms with Crippen molar-refractivity contribution in [2.24, 2.45) is 5.92 Å². The van der Waals surface area contributed by atoms with E-state index in [1.807, 2.05) is 6.20 Å². The van der Waals surface area contributed by atoms with Crippen LogP contribution in [0.4, 0.5) is 0 Å². The second kappa shape index (κ2) is 15.2. The first kappa shape index (κ1) is 39.3. The van der Waals surface area contributed by atoms with Crippen LogP contribution in [-0.2, 0) is 11.8 Å². The van der Waals surface area contributed by atoms with E-state index in [9.17, 15) is 5.26 Å². The van der Waals surface area contributed by atoms with Crippen LogP contribution in [0.1, 0.15) is 87.7 Å². The van der Waals surface area contributed by atoms with Crippen LogP contribution in [0.3, 0.4) is 0 Å². The lowest BCUT2D eigenvalue weighted by Crippen LogP contribution is -2.29. The Bertz CT molecular complexity index is 2660. The predicted octanol–water partition coefficient (Wildman–Crippen LogP) is 12.9. The Morgan fingerprint density at radius 1 is 0.667 bits per heavy atom. The highest BCUT2D eigenvalue weighted by atomic mass is 15.1. The zero-order valence-electron chi connectivity index (χ0n) is 35.8. The van der Waals surface area contributed by atoms with Crippen LogP contribution >= 0.6 is 0 Å². The van der Waals surface area contributed by atoms with Crippen LogP contribution in [0.5, 0.6) is 0 Å². The molecule has 2 heterocycles. The molecule has 5 aromatic carbocycles. The Hall–Kier alpha value is -5.99. The van der Waals surface area contributed by atoms with Gasteiger partial charge in [-0.2, -0.15) is 5.26 Å². The Morgan fingerprint density at radius 3 is 1.93 bits per heavy atom. The molecular weight excluding hydrogens is 695 g/mol. The third-order valence-corrected chi connectivity index (χ3v) is 12.2. The summed E-state index contributed by atoms with van der Waals surface area (Å²) in [6.45, 7) is 26.5. The van der Waals surface area contributed by atoms with Crippen molar-refractivity contribution in [2.45, 2.75) is 94.9 Å². The number of nitriles is 1. The van der Waals surface area contributed by atoms with Crippen LogP contribution < -0.4 is 0 Å². The van der Waals surface area contributed by atoms with Crippen LogP contribution in [0, 0.1) is 79.6 Å². The molecule has 0 saturated heterocycles. The van der Waals surface area contributed by atoms with Gasteiger partial charge in [-0.3, -0.25) is 9.13 Å². The first-order chi connectivity index (χ1) is 27.1. The first-order valence-electron chi connectivity index (χ1n) is 20.1. The van der Waals surface area contributed by atoms with Gasteiger partial charge in [-0.1, -0.05) is 110 Å². The van der Waals surface area contributed by atoms with E-state index in [1.165, 1.54) is 55.8 Å². The van der Waals surface area contributed by atoms with Gasteiger partial charge in [0.25, 0.3) is 0 Å². The number of aryl methyl sites for hydroxylation is 8. The number of hydrogen-bond donors (Lipinski definition) is 0.